The van der Waals surface area contributed by atoms with E-state index in [2.05, 4.69) is 39.6 Å². The number of benzene rings is 1. The third-order valence-corrected chi connectivity index (χ3v) is 3.34. The van der Waals surface area contributed by atoms with Crippen molar-refractivity contribution >= 4 is 10.9 Å². The molecule has 1 aromatic heterocycles. The third kappa shape index (κ3) is 1.50. The van der Waals surface area contributed by atoms with E-state index >= 15 is 0 Å². The number of para-hydroxylation sites is 1. The van der Waals surface area contributed by atoms with Crippen molar-refractivity contribution in [2.24, 2.45) is 0 Å². The summed E-state index contributed by atoms with van der Waals surface area (Å²) in [6.45, 7) is 3.14. The number of aromatic amines is 1. The number of hydrogen-bond acceptors (Lipinski definition) is 3. The minimum absolute atomic E-state index is 0.404. The molecule has 0 bridgehead atoms. The summed E-state index contributed by atoms with van der Waals surface area (Å²) < 4.78 is 0. The fourth-order valence-corrected chi connectivity index (χ4v) is 2.36. The Balaban J connectivity index is 2.04. The first-order valence-corrected chi connectivity index (χ1v) is 5.70. The zero-order chi connectivity index (χ0) is 11.0. The largest absolute Gasteiger partial charge is 0.313 e. The van der Waals surface area contributed by atoms with Crippen molar-refractivity contribution in [3.63, 3.8) is 0 Å². The highest BCUT2D eigenvalue weighted by molar-refractivity contribution is 5.81. The van der Waals surface area contributed by atoms with Gasteiger partial charge in [0.15, 0.2) is 0 Å². The van der Waals surface area contributed by atoms with Gasteiger partial charge in [-0.15, -0.1) is 0 Å². The van der Waals surface area contributed by atoms with Gasteiger partial charge in [0, 0.05) is 25.0 Å². The number of nitrogens with zero attached hydrogens (tertiary/aromatic N) is 2. The number of rotatable bonds is 1. The zero-order valence-corrected chi connectivity index (χ0v) is 9.40. The highest BCUT2D eigenvalue weighted by Crippen LogP contribution is 2.25. The SMILES string of the molecule is CN1CCNCC1c1[nH]nc2ccccc12. The Hall–Kier alpha value is -1.39. The molecule has 3 rings (SSSR count). The number of H-pyrrole nitrogens is 1. The summed E-state index contributed by atoms with van der Waals surface area (Å²) in [5.41, 5.74) is 2.28. The molecule has 0 aliphatic carbocycles. The van der Waals surface area contributed by atoms with Gasteiger partial charge in [0.2, 0.25) is 0 Å². The third-order valence-electron chi connectivity index (χ3n) is 3.34. The van der Waals surface area contributed by atoms with E-state index in [0.29, 0.717) is 6.04 Å². The van der Waals surface area contributed by atoms with Crippen molar-refractivity contribution in [1.82, 2.24) is 20.4 Å². The molecular formula is C12H16N4. The molecule has 1 unspecified atom stereocenters. The van der Waals surface area contributed by atoms with E-state index in [9.17, 15) is 0 Å². The average Bonchev–Trinajstić information content (AvgIpc) is 2.74. The summed E-state index contributed by atoms with van der Waals surface area (Å²) in [6, 6.07) is 8.68. The Morgan fingerprint density at radius 2 is 2.25 bits per heavy atom. The van der Waals surface area contributed by atoms with Crippen LogP contribution in [0.1, 0.15) is 11.7 Å². The zero-order valence-electron chi connectivity index (χ0n) is 9.40. The number of hydrogen-bond donors (Lipinski definition) is 2. The molecule has 1 aromatic carbocycles. The maximum absolute atomic E-state index is 4.35. The Bertz CT molecular complexity index is 490. The lowest BCUT2D eigenvalue weighted by Gasteiger charge is -2.32. The van der Waals surface area contributed by atoms with Gasteiger partial charge in [0.1, 0.15) is 0 Å². The van der Waals surface area contributed by atoms with Crippen molar-refractivity contribution in [3.8, 4) is 0 Å². The van der Waals surface area contributed by atoms with Gasteiger partial charge in [0.05, 0.1) is 17.3 Å². The monoisotopic (exact) mass is 216 g/mol. The minimum atomic E-state index is 0.404. The lowest BCUT2D eigenvalue weighted by atomic mass is 10.1. The quantitative estimate of drug-likeness (QED) is 0.751. The van der Waals surface area contributed by atoms with Gasteiger partial charge >= 0.3 is 0 Å². The minimum Gasteiger partial charge on any atom is -0.313 e. The molecule has 1 aliphatic rings. The average molecular weight is 216 g/mol. The van der Waals surface area contributed by atoms with Crippen molar-refractivity contribution in [2.45, 2.75) is 6.04 Å². The number of aromatic nitrogens is 2. The Morgan fingerprint density at radius 1 is 1.38 bits per heavy atom. The fourth-order valence-electron chi connectivity index (χ4n) is 2.36. The highest BCUT2D eigenvalue weighted by Gasteiger charge is 2.23. The van der Waals surface area contributed by atoms with Gasteiger partial charge in [-0.3, -0.25) is 10.00 Å². The van der Waals surface area contributed by atoms with Gasteiger partial charge < -0.3 is 5.32 Å². The van der Waals surface area contributed by atoms with E-state index in [0.717, 1.165) is 25.2 Å². The van der Waals surface area contributed by atoms with E-state index in [4.69, 9.17) is 0 Å². The number of piperazine rings is 1. The number of likely N-dealkylation sites (N-methyl/N-ethyl adjacent to an activating group) is 1. The Kier molecular flexibility index (Phi) is 2.38. The van der Waals surface area contributed by atoms with Gasteiger partial charge in [-0.25, -0.2) is 0 Å². The second kappa shape index (κ2) is 3.88. The summed E-state index contributed by atoms with van der Waals surface area (Å²) in [5.74, 6) is 0. The molecule has 4 heteroatoms. The van der Waals surface area contributed by atoms with E-state index in [1.807, 2.05) is 12.1 Å². The summed E-state index contributed by atoms with van der Waals surface area (Å²) in [6.07, 6.45) is 0. The first-order valence-electron chi connectivity index (χ1n) is 5.70. The molecule has 84 valence electrons. The molecule has 0 radical (unpaired) electrons. The van der Waals surface area contributed by atoms with Gasteiger partial charge in [-0.2, -0.15) is 5.10 Å². The fraction of sp³-hybridized carbons (Fsp3) is 0.417. The molecular weight excluding hydrogens is 200 g/mol. The van der Waals surface area contributed by atoms with E-state index in [-0.39, 0.29) is 0 Å². The molecule has 0 saturated carbocycles. The summed E-state index contributed by atoms with van der Waals surface area (Å²) >= 11 is 0. The van der Waals surface area contributed by atoms with Crippen LogP contribution in [0.5, 0.6) is 0 Å². The first-order chi connectivity index (χ1) is 7.86. The molecule has 1 saturated heterocycles. The second-order valence-corrected chi connectivity index (χ2v) is 4.35. The number of nitrogens with one attached hydrogen (secondary N) is 2. The van der Waals surface area contributed by atoms with Crippen LogP contribution in [0.3, 0.4) is 0 Å². The summed E-state index contributed by atoms with van der Waals surface area (Å²) in [5, 5.41) is 12.2. The van der Waals surface area contributed by atoms with Crippen LogP contribution < -0.4 is 5.32 Å². The summed E-state index contributed by atoms with van der Waals surface area (Å²) in [7, 11) is 2.17. The van der Waals surface area contributed by atoms with Crippen molar-refractivity contribution in [2.75, 3.05) is 26.7 Å². The first kappa shape index (κ1) is 9.81. The van der Waals surface area contributed by atoms with E-state index in [1.54, 1.807) is 0 Å². The predicted octanol–water partition coefficient (Wildman–Crippen LogP) is 1.14. The molecule has 2 N–H and O–H groups in total. The lowest BCUT2D eigenvalue weighted by molar-refractivity contribution is 0.199. The maximum Gasteiger partial charge on any atom is 0.0924 e. The van der Waals surface area contributed by atoms with Crippen molar-refractivity contribution < 1.29 is 0 Å². The number of fused-ring (bicyclic) bond motifs is 1. The van der Waals surface area contributed by atoms with Crippen LogP contribution in [-0.2, 0) is 0 Å². The van der Waals surface area contributed by atoms with Crippen LogP contribution in [0, 0.1) is 0 Å². The molecule has 0 spiro atoms. The van der Waals surface area contributed by atoms with Crippen LogP contribution in [-0.4, -0.2) is 41.8 Å². The molecule has 2 aromatic rings. The van der Waals surface area contributed by atoms with E-state index < -0.39 is 0 Å². The topological polar surface area (TPSA) is 44.0 Å². The second-order valence-electron chi connectivity index (χ2n) is 4.35. The van der Waals surface area contributed by atoms with Crippen LogP contribution in [0.2, 0.25) is 0 Å². The molecule has 2 heterocycles. The molecule has 1 fully saturated rings. The smallest absolute Gasteiger partial charge is 0.0924 e. The highest BCUT2D eigenvalue weighted by atomic mass is 15.2. The lowest BCUT2D eigenvalue weighted by Crippen LogP contribution is -2.44. The molecule has 16 heavy (non-hydrogen) atoms. The van der Waals surface area contributed by atoms with Gasteiger partial charge in [-0.1, -0.05) is 18.2 Å². The normalized spacial score (nSPS) is 22.7. The Labute approximate surface area is 94.6 Å². The summed E-state index contributed by atoms with van der Waals surface area (Å²) in [4.78, 5) is 2.37. The maximum atomic E-state index is 4.35. The molecule has 1 aliphatic heterocycles. The standard InChI is InChI=1S/C12H16N4/c1-16-7-6-13-8-11(16)12-9-4-2-3-5-10(9)14-15-12/h2-5,11,13H,6-8H2,1H3,(H,14,15). The van der Waals surface area contributed by atoms with Crippen LogP contribution in [0.25, 0.3) is 10.9 Å². The van der Waals surface area contributed by atoms with Gasteiger partial charge in [-0.05, 0) is 13.1 Å². The van der Waals surface area contributed by atoms with Crippen LogP contribution in [0.4, 0.5) is 0 Å². The predicted molar refractivity (Wildman–Crippen MR) is 64.3 cm³/mol. The van der Waals surface area contributed by atoms with Crippen molar-refractivity contribution in [3.05, 3.63) is 30.0 Å². The van der Waals surface area contributed by atoms with Crippen LogP contribution in [0.15, 0.2) is 24.3 Å². The Morgan fingerprint density at radius 3 is 3.12 bits per heavy atom. The van der Waals surface area contributed by atoms with Crippen molar-refractivity contribution in [1.29, 1.82) is 0 Å². The molecule has 4 nitrogen and oxygen atoms in total. The van der Waals surface area contributed by atoms with E-state index in [1.165, 1.54) is 11.1 Å². The van der Waals surface area contributed by atoms with Gasteiger partial charge in [0.25, 0.3) is 0 Å². The molecule has 1 atom stereocenters. The molecule has 0 amide bonds. The van der Waals surface area contributed by atoms with Crippen LogP contribution >= 0.6 is 0 Å².